The van der Waals surface area contributed by atoms with E-state index in [-0.39, 0.29) is 12.5 Å². The van der Waals surface area contributed by atoms with Crippen molar-refractivity contribution in [2.75, 3.05) is 18.6 Å². The van der Waals surface area contributed by atoms with Gasteiger partial charge in [0.2, 0.25) is 5.91 Å². The van der Waals surface area contributed by atoms with Crippen LogP contribution in [-0.2, 0) is 20.9 Å². The van der Waals surface area contributed by atoms with E-state index in [0.29, 0.717) is 36.6 Å². The van der Waals surface area contributed by atoms with Crippen molar-refractivity contribution in [1.82, 2.24) is 4.98 Å². The number of anilines is 1. The van der Waals surface area contributed by atoms with Crippen LogP contribution in [0.5, 0.6) is 11.5 Å². The third-order valence-corrected chi connectivity index (χ3v) is 8.00. The summed E-state index contributed by atoms with van der Waals surface area (Å²) in [5.41, 5.74) is 2.33. The smallest absolute Gasteiger partial charge is 0.343 e. The lowest BCUT2D eigenvalue weighted by atomic mass is 10.2. The van der Waals surface area contributed by atoms with Crippen molar-refractivity contribution in [3.63, 3.8) is 0 Å². The van der Waals surface area contributed by atoms with Crippen LogP contribution in [0.15, 0.2) is 52.7 Å². The Balaban J connectivity index is 1.31. The van der Waals surface area contributed by atoms with Crippen LogP contribution in [0.25, 0.3) is 10.6 Å². The third-order valence-electron chi connectivity index (χ3n) is 5.61. The number of carbonyl (C=O) groups excluding carboxylic acids is 2. The Kier molecular flexibility index (Phi) is 5.76. The lowest BCUT2D eigenvalue weighted by Gasteiger charge is -2.28. The SMILES string of the molecule is CCOc1ccc(-c2nc(COC(=O)[C@]34CCC(=O)N3c3ccccc3S4)cs2)cc1OC. The number of ether oxygens (including phenoxy) is 3. The number of thiazole rings is 1. The van der Waals surface area contributed by atoms with Crippen molar-refractivity contribution in [2.45, 2.75) is 36.1 Å². The van der Waals surface area contributed by atoms with Crippen LogP contribution in [0.2, 0.25) is 0 Å². The Bertz CT molecular complexity index is 1230. The van der Waals surface area contributed by atoms with Gasteiger partial charge in [0.05, 0.1) is 25.1 Å². The molecule has 7 nitrogen and oxygen atoms in total. The van der Waals surface area contributed by atoms with Gasteiger partial charge in [-0.3, -0.25) is 9.69 Å². The van der Waals surface area contributed by atoms with E-state index < -0.39 is 10.8 Å². The molecule has 2 aliphatic heterocycles. The quantitative estimate of drug-likeness (QED) is 0.444. The van der Waals surface area contributed by atoms with E-state index in [9.17, 15) is 9.59 Å². The van der Waals surface area contributed by atoms with Crippen molar-refractivity contribution >= 4 is 40.7 Å². The fourth-order valence-electron chi connectivity index (χ4n) is 4.11. The van der Waals surface area contributed by atoms with E-state index in [0.717, 1.165) is 21.2 Å². The first-order valence-electron chi connectivity index (χ1n) is 10.6. The first-order chi connectivity index (χ1) is 16.1. The molecular formula is C24H22N2O5S2. The number of para-hydroxylation sites is 1. The number of hydrogen-bond donors (Lipinski definition) is 0. The molecule has 170 valence electrons. The molecule has 3 heterocycles. The van der Waals surface area contributed by atoms with Crippen molar-refractivity contribution in [1.29, 1.82) is 0 Å². The van der Waals surface area contributed by atoms with Gasteiger partial charge in [0, 0.05) is 28.7 Å². The summed E-state index contributed by atoms with van der Waals surface area (Å²) in [4.78, 5) is 31.9. The highest BCUT2D eigenvalue weighted by atomic mass is 32.2. The van der Waals surface area contributed by atoms with E-state index in [2.05, 4.69) is 4.98 Å². The van der Waals surface area contributed by atoms with Crippen LogP contribution < -0.4 is 14.4 Å². The lowest BCUT2D eigenvalue weighted by molar-refractivity contribution is -0.148. The van der Waals surface area contributed by atoms with Gasteiger partial charge >= 0.3 is 5.97 Å². The molecule has 0 N–H and O–H groups in total. The number of fused-ring (bicyclic) bond motifs is 3. The summed E-state index contributed by atoms with van der Waals surface area (Å²) in [6, 6.07) is 13.3. The molecule has 3 aromatic rings. The van der Waals surface area contributed by atoms with Gasteiger partial charge < -0.3 is 14.2 Å². The number of benzene rings is 2. The topological polar surface area (TPSA) is 78.0 Å². The minimum Gasteiger partial charge on any atom is -0.493 e. The molecule has 1 saturated heterocycles. The van der Waals surface area contributed by atoms with Gasteiger partial charge in [0.1, 0.15) is 11.6 Å². The summed E-state index contributed by atoms with van der Waals surface area (Å²) in [7, 11) is 1.60. The second kappa shape index (κ2) is 8.72. The van der Waals surface area contributed by atoms with Crippen molar-refractivity contribution in [3.8, 4) is 22.1 Å². The summed E-state index contributed by atoms with van der Waals surface area (Å²) >= 11 is 2.86. The average molecular weight is 483 g/mol. The second-order valence-electron chi connectivity index (χ2n) is 7.60. The highest BCUT2D eigenvalue weighted by Crippen LogP contribution is 2.56. The number of rotatable bonds is 7. The monoisotopic (exact) mass is 482 g/mol. The van der Waals surface area contributed by atoms with Gasteiger partial charge in [-0.25, -0.2) is 9.78 Å². The Morgan fingerprint density at radius 2 is 2.06 bits per heavy atom. The molecule has 2 aromatic carbocycles. The first-order valence-corrected chi connectivity index (χ1v) is 12.3. The van der Waals surface area contributed by atoms with Gasteiger partial charge in [-0.15, -0.1) is 11.3 Å². The van der Waals surface area contributed by atoms with Crippen LogP contribution in [0.4, 0.5) is 5.69 Å². The highest BCUT2D eigenvalue weighted by Gasteiger charge is 2.58. The zero-order valence-corrected chi connectivity index (χ0v) is 19.8. The molecule has 1 fully saturated rings. The molecule has 0 aliphatic carbocycles. The molecule has 33 heavy (non-hydrogen) atoms. The van der Waals surface area contributed by atoms with Crippen molar-refractivity contribution in [3.05, 3.63) is 53.5 Å². The fourth-order valence-corrected chi connectivity index (χ4v) is 6.32. The predicted molar refractivity (Wildman–Crippen MR) is 127 cm³/mol. The zero-order valence-electron chi connectivity index (χ0n) is 18.2. The maximum Gasteiger partial charge on any atom is 0.343 e. The Morgan fingerprint density at radius 3 is 2.88 bits per heavy atom. The summed E-state index contributed by atoms with van der Waals surface area (Å²) in [6.07, 6.45) is 0.759. The molecule has 0 spiro atoms. The number of thioether (sulfide) groups is 1. The summed E-state index contributed by atoms with van der Waals surface area (Å²) in [6.45, 7) is 2.52. The number of esters is 1. The Morgan fingerprint density at radius 1 is 1.21 bits per heavy atom. The molecule has 1 amide bonds. The molecular weight excluding hydrogens is 460 g/mol. The van der Waals surface area contributed by atoms with Gasteiger partial charge in [-0.1, -0.05) is 23.9 Å². The minimum absolute atomic E-state index is 0.0458. The number of carbonyl (C=O) groups is 2. The summed E-state index contributed by atoms with van der Waals surface area (Å²) in [5.74, 6) is 0.858. The van der Waals surface area contributed by atoms with Crippen LogP contribution in [0.1, 0.15) is 25.5 Å². The standard InChI is InChI=1S/C24H22N2O5S2/c1-3-30-18-9-8-15(12-19(18)29-2)22-25-16(14-32-22)13-31-23(28)24-11-10-21(27)26(24)17-6-4-5-7-20(17)33-24/h4-9,12,14H,3,10-11,13H2,1-2H3/t24-/m1/s1. The first kappa shape index (κ1) is 21.8. The molecule has 2 aliphatic rings. The van der Waals surface area contributed by atoms with E-state index in [1.807, 2.05) is 54.8 Å². The normalized spacial score (nSPS) is 18.7. The number of hydrogen-bond acceptors (Lipinski definition) is 8. The van der Waals surface area contributed by atoms with Gasteiger partial charge in [0.25, 0.3) is 0 Å². The average Bonchev–Trinajstić information content (AvgIpc) is 3.52. The number of aromatic nitrogens is 1. The molecule has 0 radical (unpaired) electrons. The highest BCUT2D eigenvalue weighted by molar-refractivity contribution is 8.02. The molecule has 0 saturated carbocycles. The van der Waals surface area contributed by atoms with Crippen LogP contribution in [-0.4, -0.2) is 35.4 Å². The molecule has 9 heteroatoms. The Hall–Kier alpha value is -3.04. The van der Waals surface area contributed by atoms with E-state index in [1.165, 1.54) is 23.1 Å². The minimum atomic E-state index is -1.03. The van der Waals surface area contributed by atoms with Crippen LogP contribution in [0.3, 0.4) is 0 Å². The van der Waals surface area contributed by atoms with Crippen LogP contribution >= 0.6 is 23.1 Å². The third kappa shape index (κ3) is 3.75. The van der Waals surface area contributed by atoms with Crippen molar-refractivity contribution < 1.29 is 23.8 Å². The summed E-state index contributed by atoms with van der Waals surface area (Å²) < 4.78 is 16.7. The number of amides is 1. The van der Waals surface area contributed by atoms with Gasteiger partial charge in [-0.2, -0.15) is 0 Å². The predicted octanol–water partition coefficient (Wildman–Crippen LogP) is 4.89. The molecule has 0 unspecified atom stereocenters. The van der Waals surface area contributed by atoms with Crippen LogP contribution in [0, 0.1) is 0 Å². The molecule has 0 bridgehead atoms. The van der Waals surface area contributed by atoms with E-state index in [4.69, 9.17) is 14.2 Å². The van der Waals surface area contributed by atoms with E-state index in [1.54, 1.807) is 12.0 Å². The Labute approximate surface area is 199 Å². The van der Waals surface area contributed by atoms with Crippen molar-refractivity contribution in [2.24, 2.45) is 0 Å². The van der Waals surface area contributed by atoms with Gasteiger partial charge in [0.15, 0.2) is 16.4 Å². The molecule has 5 rings (SSSR count). The fraction of sp³-hybridized carbons (Fsp3) is 0.292. The second-order valence-corrected chi connectivity index (χ2v) is 9.78. The van der Waals surface area contributed by atoms with Gasteiger partial charge in [-0.05, 0) is 37.3 Å². The maximum absolute atomic E-state index is 13.2. The lowest BCUT2D eigenvalue weighted by Crippen LogP contribution is -2.47. The molecule has 1 atom stereocenters. The maximum atomic E-state index is 13.2. The molecule has 1 aromatic heterocycles. The van der Waals surface area contributed by atoms with E-state index >= 15 is 0 Å². The summed E-state index contributed by atoms with van der Waals surface area (Å²) in [5, 5.41) is 2.66. The zero-order chi connectivity index (χ0) is 23.0. The largest absolute Gasteiger partial charge is 0.493 e. The number of methoxy groups -OCH3 is 1. The number of nitrogens with zero attached hydrogens (tertiary/aromatic N) is 2.